The molecule has 0 spiro atoms. The van der Waals surface area contributed by atoms with Crippen molar-refractivity contribution in [3.05, 3.63) is 41.8 Å². The number of hydrogen-bond donors (Lipinski definition) is 2. The monoisotopic (exact) mass is 480 g/mol. The Morgan fingerprint density at radius 2 is 1.94 bits per heavy atom. The zero-order valence-corrected chi connectivity index (χ0v) is 18.6. The average molecular weight is 480 g/mol. The van der Waals surface area contributed by atoms with Crippen LogP contribution < -0.4 is 20.9 Å². The zero-order valence-electron chi connectivity index (χ0n) is 18.6. The normalized spacial score (nSPS) is 17.8. The number of nitrogens with two attached hydrogens (primary N) is 1. The summed E-state index contributed by atoms with van der Waals surface area (Å²) >= 11 is 0. The molecule has 1 aromatic carbocycles. The second-order valence-electron chi connectivity index (χ2n) is 7.54. The number of likely N-dealkylation sites (N-methyl/N-ethyl adjacent to an activating group) is 1. The largest absolute Gasteiger partial charge is 0.443 e. The lowest BCUT2D eigenvalue weighted by Crippen LogP contribution is -2.51. The Balaban J connectivity index is 0.000000396. The Hall–Kier alpha value is -3.58. The van der Waals surface area contributed by atoms with Gasteiger partial charge in [0.2, 0.25) is 5.91 Å². The number of carbonyl (C=O) groups excluding carboxylic acids is 3. The van der Waals surface area contributed by atoms with Crippen LogP contribution in [0.4, 0.5) is 25.0 Å². The molecule has 3 N–H and O–H groups in total. The predicted octanol–water partition coefficient (Wildman–Crippen LogP) is 0.604. The van der Waals surface area contributed by atoms with E-state index in [0.717, 1.165) is 12.1 Å². The summed E-state index contributed by atoms with van der Waals surface area (Å²) in [6.45, 7) is 1.94. The summed E-state index contributed by atoms with van der Waals surface area (Å²) in [4.78, 5) is 37.9. The molecule has 184 valence electrons. The van der Waals surface area contributed by atoms with Gasteiger partial charge in [0.15, 0.2) is 23.7 Å². The summed E-state index contributed by atoms with van der Waals surface area (Å²) in [5.74, 6) is -1.30. The number of aromatic nitrogens is 1. The molecule has 11 nitrogen and oxygen atoms in total. The number of hydrogen-bond acceptors (Lipinski definition) is 9. The summed E-state index contributed by atoms with van der Waals surface area (Å²) in [5, 5.41) is 6.08. The maximum Gasteiger partial charge on any atom is 0.414 e. The van der Waals surface area contributed by atoms with Gasteiger partial charge >= 0.3 is 6.09 Å². The number of amides is 2. The molecule has 2 aromatic rings. The van der Waals surface area contributed by atoms with Gasteiger partial charge in [-0.2, -0.15) is 0 Å². The molecular formula is C21H26F2N6O5. The second-order valence-corrected chi connectivity index (χ2v) is 7.54. The predicted molar refractivity (Wildman–Crippen MR) is 118 cm³/mol. The minimum Gasteiger partial charge on any atom is -0.443 e. The lowest BCUT2D eigenvalue weighted by atomic mass is 10.2. The van der Waals surface area contributed by atoms with E-state index >= 15 is 0 Å². The molecule has 0 saturated carbocycles. The number of rotatable bonds is 6. The van der Waals surface area contributed by atoms with E-state index in [1.165, 1.54) is 17.2 Å². The molecule has 0 bridgehead atoms. The number of benzene rings is 1. The lowest BCUT2D eigenvalue weighted by molar-refractivity contribution is -0.130. The minimum atomic E-state index is -0.760. The highest BCUT2D eigenvalue weighted by Gasteiger charge is 2.33. The first-order chi connectivity index (χ1) is 16.4. The third-order valence-electron chi connectivity index (χ3n) is 5.30. The Kier molecular flexibility index (Phi) is 8.49. The maximum atomic E-state index is 14.7. The number of halogens is 2. The first-order valence-electron chi connectivity index (χ1n) is 10.6. The number of piperazine rings is 1. The number of nitrogens with one attached hydrogen (secondary N) is 1. The van der Waals surface area contributed by atoms with Gasteiger partial charge in [0.1, 0.15) is 11.8 Å². The number of ether oxygens (including phenoxy) is 1. The number of carbonyl (C=O) groups is 3. The van der Waals surface area contributed by atoms with Crippen LogP contribution >= 0.6 is 0 Å². The van der Waals surface area contributed by atoms with Crippen LogP contribution in [0.3, 0.4) is 0 Å². The van der Waals surface area contributed by atoms with E-state index in [-0.39, 0.29) is 42.7 Å². The minimum absolute atomic E-state index is 0.0459. The fraction of sp³-hybridized carbons (Fsp3) is 0.429. The van der Waals surface area contributed by atoms with Gasteiger partial charge in [0, 0.05) is 50.9 Å². The van der Waals surface area contributed by atoms with E-state index in [1.807, 2.05) is 0 Å². The van der Waals surface area contributed by atoms with Gasteiger partial charge in [-0.05, 0) is 7.05 Å². The molecular weight excluding hydrogens is 454 g/mol. The summed E-state index contributed by atoms with van der Waals surface area (Å²) in [6, 6.07) is 3.74. The van der Waals surface area contributed by atoms with Gasteiger partial charge in [-0.1, -0.05) is 5.16 Å². The van der Waals surface area contributed by atoms with Crippen molar-refractivity contribution in [3.63, 3.8) is 0 Å². The van der Waals surface area contributed by atoms with Crippen molar-refractivity contribution in [1.29, 1.82) is 0 Å². The highest BCUT2D eigenvalue weighted by atomic mass is 19.1. The van der Waals surface area contributed by atoms with Gasteiger partial charge in [-0.15, -0.1) is 0 Å². The van der Waals surface area contributed by atoms with Gasteiger partial charge in [0.25, 0.3) is 0 Å². The molecule has 13 heteroatoms. The standard InChI is InChI=1S/C17H23F2N5O3.C4H3NO2/c1-21-9-15(25)22-2-4-23(5-3-22)16-13(18)6-11(7-14(16)19)24-10-12(8-20)27-17(24)26;6-3-4-1-2-5-7-4/h6-7,12,21H,2-5,8-10,20H2,1H3;1-3H. The molecule has 34 heavy (non-hydrogen) atoms. The molecule has 2 amide bonds. The Morgan fingerprint density at radius 1 is 1.26 bits per heavy atom. The fourth-order valence-corrected chi connectivity index (χ4v) is 3.59. The third kappa shape index (κ3) is 5.85. The quantitative estimate of drug-likeness (QED) is 0.570. The van der Waals surface area contributed by atoms with Gasteiger partial charge in [-0.25, -0.2) is 13.6 Å². The number of nitrogens with zero attached hydrogens (tertiary/aromatic N) is 4. The Labute approximate surface area is 194 Å². The van der Waals surface area contributed by atoms with Crippen LogP contribution in [0.15, 0.2) is 28.9 Å². The second kappa shape index (κ2) is 11.5. The molecule has 2 aliphatic rings. The Bertz CT molecular complexity index is 975. The summed E-state index contributed by atoms with van der Waals surface area (Å²) < 4.78 is 38.7. The van der Waals surface area contributed by atoms with Crippen molar-refractivity contribution in [2.45, 2.75) is 6.10 Å². The van der Waals surface area contributed by atoms with Crippen LogP contribution in [0.5, 0.6) is 0 Å². The molecule has 1 aromatic heterocycles. The van der Waals surface area contributed by atoms with Gasteiger partial charge in [-0.3, -0.25) is 14.5 Å². The van der Waals surface area contributed by atoms with Crippen LogP contribution in [-0.2, 0) is 9.53 Å². The molecule has 2 saturated heterocycles. The topological polar surface area (TPSA) is 134 Å². The van der Waals surface area contributed by atoms with Crippen LogP contribution in [0.1, 0.15) is 10.6 Å². The third-order valence-corrected chi connectivity index (χ3v) is 5.30. The molecule has 2 fully saturated rings. The van der Waals surface area contributed by atoms with Crippen LogP contribution in [-0.4, -0.2) is 87.3 Å². The van der Waals surface area contributed by atoms with E-state index in [1.54, 1.807) is 16.8 Å². The van der Waals surface area contributed by atoms with Gasteiger partial charge < -0.3 is 30.1 Å². The summed E-state index contributed by atoms with van der Waals surface area (Å²) in [6.07, 6.45) is 0.858. The average Bonchev–Trinajstić information content (AvgIpc) is 3.49. The lowest BCUT2D eigenvalue weighted by Gasteiger charge is -2.36. The van der Waals surface area contributed by atoms with Crippen molar-refractivity contribution in [3.8, 4) is 0 Å². The summed E-state index contributed by atoms with van der Waals surface area (Å²) in [7, 11) is 1.69. The SMILES string of the molecule is CNCC(=O)N1CCN(c2c(F)cc(N3CC(CN)OC3=O)cc2F)CC1.O=Cc1ccno1. The highest BCUT2D eigenvalue weighted by molar-refractivity contribution is 5.90. The smallest absolute Gasteiger partial charge is 0.414 e. The molecule has 0 aliphatic carbocycles. The molecule has 1 unspecified atom stereocenters. The first kappa shape index (κ1) is 25.1. The summed E-state index contributed by atoms with van der Waals surface area (Å²) in [5.41, 5.74) is 5.42. The van der Waals surface area contributed by atoms with E-state index in [4.69, 9.17) is 10.5 Å². The van der Waals surface area contributed by atoms with Crippen molar-refractivity contribution < 1.29 is 32.4 Å². The number of cyclic esters (lactones) is 1. The van der Waals surface area contributed by atoms with Crippen molar-refractivity contribution >= 4 is 29.7 Å². The molecule has 0 radical (unpaired) electrons. The molecule has 2 aliphatic heterocycles. The van der Waals surface area contributed by atoms with E-state index < -0.39 is 23.8 Å². The fourth-order valence-electron chi connectivity index (χ4n) is 3.59. The van der Waals surface area contributed by atoms with Crippen molar-refractivity contribution in [1.82, 2.24) is 15.4 Å². The Morgan fingerprint density at radius 3 is 2.41 bits per heavy atom. The molecule has 1 atom stereocenters. The highest BCUT2D eigenvalue weighted by Crippen LogP contribution is 2.31. The van der Waals surface area contributed by atoms with Crippen LogP contribution in [0.25, 0.3) is 0 Å². The van der Waals surface area contributed by atoms with E-state index in [2.05, 4.69) is 15.0 Å². The number of anilines is 2. The van der Waals surface area contributed by atoms with E-state index in [0.29, 0.717) is 32.5 Å². The first-order valence-corrected chi connectivity index (χ1v) is 10.6. The van der Waals surface area contributed by atoms with Crippen LogP contribution in [0, 0.1) is 11.6 Å². The zero-order chi connectivity index (χ0) is 24.7. The van der Waals surface area contributed by atoms with Gasteiger partial charge in [0.05, 0.1) is 25.0 Å². The van der Waals surface area contributed by atoms with E-state index in [9.17, 15) is 23.2 Å². The van der Waals surface area contributed by atoms with Crippen molar-refractivity contribution in [2.75, 3.05) is 62.7 Å². The maximum absolute atomic E-state index is 14.7. The van der Waals surface area contributed by atoms with Crippen LogP contribution in [0.2, 0.25) is 0 Å². The molecule has 4 rings (SSSR count). The number of aldehydes is 1. The van der Waals surface area contributed by atoms with Crippen molar-refractivity contribution in [2.24, 2.45) is 5.73 Å². The molecule has 3 heterocycles.